The lowest BCUT2D eigenvalue weighted by Gasteiger charge is -2.06. The third-order valence-corrected chi connectivity index (χ3v) is 5.31. The van der Waals surface area contributed by atoms with Crippen LogP contribution in [-0.2, 0) is 6.54 Å². The molecule has 30 heavy (non-hydrogen) atoms. The number of thiophene rings is 1. The van der Waals surface area contributed by atoms with E-state index in [4.69, 9.17) is 11.6 Å². The Morgan fingerprint density at radius 1 is 1.27 bits per heavy atom. The number of nitro groups is 1. The highest BCUT2D eigenvalue weighted by atomic mass is 35.5. The highest BCUT2D eigenvalue weighted by Gasteiger charge is 2.22. The Hall–Kier alpha value is -3.63. The van der Waals surface area contributed by atoms with Gasteiger partial charge in [-0.3, -0.25) is 19.9 Å². The summed E-state index contributed by atoms with van der Waals surface area (Å²) in [6.07, 6.45) is 3.20. The first-order chi connectivity index (χ1) is 14.5. The Morgan fingerprint density at radius 2 is 2.13 bits per heavy atom. The fourth-order valence-corrected chi connectivity index (χ4v) is 3.50. The van der Waals surface area contributed by atoms with Gasteiger partial charge in [0.1, 0.15) is 5.02 Å². The van der Waals surface area contributed by atoms with Crippen LogP contribution in [0.15, 0.2) is 60.2 Å². The maximum Gasteiger partial charge on any atom is 0.288 e. The Kier molecular flexibility index (Phi) is 5.50. The molecular weight excluding hydrogens is 428 g/mol. The topological polar surface area (TPSA) is 116 Å². The van der Waals surface area contributed by atoms with Gasteiger partial charge in [0.05, 0.1) is 11.5 Å². The molecule has 0 aliphatic heterocycles. The summed E-state index contributed by atoms with van der Waals surface area (Å²) in [5, 5.41) is 20.5. The summed E-state index contributed by atoms with van der Waals surface area (Å²) in [5.74, 6) is -0.0652. The molecule has 3 aromatic heterocycles. The maximum absolute atomic E-state index is 13.1. The number of carbonyl (C=O) groups is 1. The predicted molar refractivity (Wildman–Crippen MR) is 113 cm³/mol. The van der Waals surface area contributed by atoms with Crippen molar-refractivity contribution in [3.05, 3.63) is 85.8 Å². The third kappa shape index (κ3) is 4.04. The molecule has 150 valence electrons. The smallest absolute Gasteiger partial charge is 0.288 e. The molecule has 1 N–H and O–H groups in total. The van der Waals surface area contributed by atoms with Crippen molar-refractivity contribution in [2.24, 2.45) is 0 Å². The summed E-state index contributed by atoms with van der Waals surface area (Å²) in [7, 11) is 0. The summed E-state index contributed by atoms with van der Waals surface area (Å²) in [4.78, 5) is 33.2. The zero-order valence-electron chi connectivity index (χ0n) is 15.2. The molecule has 4 aromatic rings. The summed E-state index contributed by atoms with van der Waals surface area (Å²) in [6, 6.07) is 11.2. The summed E-state index contributed by atoms with van der Waals surface area (Å²) in [6.45, 7) is 0.441. The zero-order valence-corrected chi connectivity index (χ0v) is 16.8. The normalized spacial score (nSPS) is 10.7. The van der Waals surface area contributed by atoms with Gasteiger partial charge in [-0.15, -0.1) is 16.4 Å². The molecule has 9 nitrogen and oxygen atoms in total. The van der Waals surface area contributed by atoms with Gasteiger partial charge in [-0.1, -0.05) is 17.7 Å². The monoisotopic (exact) mass is 440 g/mol. The summed E-state index contributed by atoms with van der Waals surface area (Å²) in [5.41, 5.74) is 0.335. The van der Waals surface area contributed by atoms with Gasteiger partial charge in [0.2, 0.25) is 5.95 Å². The summed E-state index contributed by atoms with van der Waals surface area (Å²) < 4.78 is 1.09. The number of aromatic nitrogens is 4. The van der Waals surface area contributed by atoms with Gasteiger partial charge < -0.3 is 5.32 Å². The average Bonchev–Trinajstić information content (AvgIpc) is 3.42. The van der Waals surface area contributed by atoms with E-state index in [0.717, 1.165) is 15.6 Å². The van der Waals surface area contributed by atoms with Gasteiger partial charge in [0, 0.05) is 34.5 Å². The lowest BCUT2D eigenvalue weighted by Crippen LogP contribution is -2.17. The van der Waals surface area contributed by atoms with Crippen molar-refractivity contribution in [3.8, 4) is 11.4 Å². The van der Waals surface area contributed by atoms with E-state index in [9.17, 15) is 14.9 Å². The largest absolute Gasteiger partial charge is 0.349 e. The van der Waals surface area contributed by atoms with E-state index >= 15 is 0 Å². The molecule has 0 aliphatic rings. The fraction of sp³-hybridized carbons (Fsp3) is 0.0526. The Morgan fingerprint density at radius 3 is 2.83 bits per heavy atom. The van der Waals surface area contributed by atoms with Crippen molar-refractivity contribution in [2.75, 3.05) is 5.32 Å². The highest BCUT2D eigenvalue weighted by molar-refractivity contribution is 7.09. The second-order valence-corrected chi connectivity index (χ2v) is 7.51. The molecule has 11 heteroatoms. The summed E-state index contributed by atoms with van der Waals surface area (Å²) >= 11 is 7.42. The minimum Gasteiger partial charge on any atom is -0.349 e. The number of nitrogens with one attached hydrogen (secondary N) is 1. The zero-order chi connectivity index (χ0) is 21.1. The molecule has 0 spiro atoms. The number of halogens is 1. The van der Waals surface area contributed by atoms with Crippen LogP contribution in [-0.4, -0.2) is 30.6 Å². The lowest BCUT2D eigenvalue weighted by molar-refractivity contribution is -0.384. The van der Waals surface area contributed by atoms with Gasteiger partial charge in [-0.2, -0.15) is 9.67 Å². The molecular formula is C19H13ClN6O3S. The maximum atomic E-state index is 13.1. The quantitative estimate of drug-likeness (QED) is 0.351. The molecule has 0 radical (unpaired) electrons. The molecule has 0 atom stereocenters. The molecule has 0 bridgehead atoms. The standard InChI is InChI=1S/C19H13ClN6O3S/c20-15-6-5-12(9-16(15)26(28)29)18(27)25-19(22-11-14-4-2-8-30-14)23-17(24-25)13-3-1-7-21-10-13/h1-10H,11H2,(H,22,23,24). The van der Waals surface area contributed by atoms with Crippen molar-refractivity contribution < 1.29 is 9.72 Å². The van der Waals surface area contributed by atoms with Crippen LogP contribution >= 0.6 is 22.9 Å². The fourth-order valence-electron chi connectivity index (χ4n) is 2.67. The second-order valence-electron chi connectivity index (χ2n) is 6.07. The van der Waals surface area contributed by atoms with Gasteiger partial charge in [0.15, 0.2) is 5.82 Å². The Balaban J connectivity index is 1.73. The van der Waals surface area contributed by atoms with Crippen LogP contribution in [0.4, 0.5) is 11.6 Å². The van der Waals surface area contributed by atoms with Crippen molar-refractivity contribution in [2.45, 2.75) is 6.54 Å². The van der Waals surface area contributed by atoms with Crippen LogP contribution in [0.25, 0.3) is 11.4 Å². The molecule has 4 rings (SSSR count). The predicted octanol–water partition coefficient (Wildman–Crippen LogP) is 4.26. The highest BCUT2D eigenvalue weighted by Crippen LogP contribution is 2.26. The van der Waals surface area contributed by atoms with Crippen molar-refractivity contribution in [3.63, 3.8) is 0 Å². The van der Waals surface area contributed by atoms with Crippen LogP contribution in [0, 0.1) is 10.1 Å². The SMILES string of the molecule is O=C(c1ccc(Cl)c([N+](=O)[O-])c1)n1nc(-c2cccnc2)nc1NCc1cccs1. The van der Waals surface area contributed by atoms with Gasteiger partial charge in [0.25, 0.3) is 11.6 Å². The van der Waals surface area contributed by atoms with Crippen LogP contribution in [0.2, 0.25) is 5.02 Å². The van der Waals surface area contributed by atoms with E-state index < -0.39 is 10.8 Å². The minimum atomic E-state index is -0.641. The van der Waals surface area contributed by atoms with E-state index in [1.165, 1.54) is 12.1 Å². The lowest BCUT2D eigenvalue weighted by atomic mass is 10.2. The number of hydrogen-bond acceptors (Lipinski definition) is 8. The molecule has 3 heterocycles. The molecule has 0 aliphatic carbocycles. The first-order valence-electron chi connectivity index (χ1n) is 8.65. The van der Waals surface area contributed by atoms with E-state index in [0.29, 0.717) is 17.9 Å². The van der Waals surface area contributed by atoms with E-state index in [1.807, 2.05) is 17.5 Å². The van der Waals surface area contributed by atoms with Gasteiger partial charge in [-0.05, 0) is 35.7 Å². The number of benzene rings is 1. The van der Waals surface area contributed by atoms with E-state index in [2.05, 4.69) is 20.4 Å². The van der Waals surface area contributed by atoms with Crippen LogP contribution in [0.3, 0.4) is 0 Å². The number of nitrogens with zero attached hydrogens (tertiary/aromatic N) is 5. The van der Waals surface area contributed by atoms with Crippen LogP contribution < -0.4 is 5.32 Å². The molecule has 0 amide bonds. The number of nitro benzene ring substituents is 1. The van der Waals surface area contributed by atoms with Gasteiger partial charge in [-0.25, -0.2) is 0 Å². The first-order valence-corrected chi connectivity index (χ1v) is 9.91. The average molecular weight is 441 g/mol. The van der Waals surface area contributed by atoms with Gasteiger partial charge >= 0.3 is 0 Å². The molecule has 0 saturated carbocycles. The van der Waals surface area contributed by atoms with Crippen LogP contribution in [0.1, 0.15) is 15.2 Å². The van der Waals surface area contributed by atoms with E-state index in [-0.39, 0.29) is 22.2 Å². The van der Waals surface area contributed by atoms with Crippen molar-refractivity contribution >= 4 is 40.5 Å². The molecule has 1 aromatic carbocycles. The molecule has 0 saturated heterocycles. The minimum absolute atomic E-state index is 0.0535. The van der Waals surface area contributed by atoms with E-state index in [1.54, 1.807) is 35.9 Å². The third-order valence-electron chi connectivity index (χ3n) is 4.11. The number of rotatable bonds is 6. The number of carbonyl (C=O) groups excluding carboxylic acids is 1. The number of anilines is 1. The van der Waals surface area contributed by atoms with Crippen molar-refractivity contribution in [1.29, 1.82) is 0 Å². The van der Waals surface area contributed by atoms with Crippen molar-refractivity contribution in [1.82, 2.24) is 19.7 Å². The molecule has 0 unspecified atom stereocenters. The first kappa shape index (κ1) is 19.7. The number of hydrogen-bond donors (Lipinski definition) is 1. The van der Waals surface area contributed by atoms with Crippen LogP contribution in [0.5, 0.6) is 0 Å². The Labute approximate surface area is 179 Å². The number of pyridine rings is 1. The second kappa shape index (κ2) is 8.39. The Bertz CT molecular complexity index is 1210. The molecule has 0 fully saturated rings.